The molecular weight excluding hydrogens is 348 g/mol. The molecule has 2 amide bonds. The highest BCUT2D eigenvalue weighted by Crippen LogP contribution is 2.38. The SMILES string of the molecule is O=C(CCC(=O)NC1(Cc2ccc(Cl)cc2)CC1)Nc1nncs1. The van der Waals surface area contributed by atoms with E-state index in [1.165, 1.54) is 16.8 Å². The molecule has 0 bridgehead atoms. The standard InChI is InChI=1S/C16H17ClN4O2S/c17-12-3-1-11(2-4-12)9-16(7-8-16)20-14(23)6-5-13(22)19-15-21-18-10-24-15/h1-4,10H,5-9H2,(H,20,23)(H,19,21,22). The summed E-state index contributed by atoms with van der Waals surface area (Å²) in [6.07, 6.45) is 2.99. The molecule has 1 aromatic carbocycles. The second-order valence-corrected chi connectivity index (χ2v) is 7.19. The minimum absolute atomic E-state index is 0.103. The number of nitrogens with one attached hydrogen (secondary N) is 2. The molecule has 0 atom stereocenters. The van der Waals surface area contributed by atoms with Crippen molar-refractivity contribution < 1.29 is 9.59 Å². The van der Waals surface area contributed by atoms with E-state index in [0.717, 1.165) is 24.8 Å². The van der Waals surface area contributed by atoms with Gasteiger partial charge in [0.25, 0.3) is 0 Å². The van der Waals surface area contributed by atoms with Gasteiger partial charge in [0.15, 0.2) is 0 Å². The number of nitrogens with zero attached hydrogens (tertiary/aromatic N) is 2. The van der Waals surface area contributed by atoms with Crippen molar-refractivity contribution in [2.24, 2.45) is 0 Å². The molecule has 2 N–H and O–H groups in total. The lowest BCUT2D eigenvalue weighted by Gasteiger charge is -2.17. The number of benzene rings is 1. The molecule has 1 saturated carbocycles. The van der Waals surface area contributed by atoms with E-state index in [1.54, 1.807) is 0 Å². The minimum atomic E-state index is -0.232. The Hall–Kier alpha value is -1.99. The molecule has 2 aromatic rings. The van der Waals surface area contributed by atoms with E-state index in [0.29, 0.717) is 10.2 Å². The van der Waals surface area contributed by atoms with Crippen molar-refractivity contribution in [3.05, 3.63) is 40.4 Å². The fourth-order valence-corrected chi connectivity index (χ4v) is 3.07. The fraction of sp³-hybridized carbons (Fsp3) is 0.375. The number of anilines is 1. The second-order valence-electron chi connectivity index (χ2n) is 5.92. The van der Waals surface area contributed by atoms with Gasteiger partial charge in [-0.3, -0.25) is 9.59 Å². The average molecular weight is 365 g/mol. The van der Waals surface area contributed by atoms with Crippen LogP contribution in [-0.2, 0) is 16.0 Å². The van der Waals surface area contributed by atoms with Gasteiger partial charge >= 0.3 is 0 Å². The Balaban J connectivity index is 1.44. The third-order valence-electron chi connectivity index (χ3n) is 3.90. The van der Waals surface area contributed by atoms with Crippen LogP contribution in [0.1, 0.15) is 31.2 Å². The summed E-state index contributed by atoms with van der Waals surface area (Å²) in [5.74, 6) is -0.335. The second kappa shape index (κ2) is 7.27. The molecule has 8 heteroatoms. The van der Waals surface area contributed by atoms with Gasteiger partial charge in [-0.1, -0.05) is 35.1 Å². The number of hydrogen-bond acceptors (Lipinski definition) is 5. The third kappa shape index (κ3) is 4.75. The number of aromatic nitrogens is 2. The van der Waals surface area contributed by atoms with Crippen LogP contribution in [0, 0.1) is 0 Å². The maximum atomic E-state index is 12.1. The van der Waals surface area contributed by atoms with Crippen LogP contribution in [0.2, 0.25) is 5.02 Å². The van der Waals surface area contributed by atoms with Gasteiger partial charge in [-0.2, -0.15) is 0 Å². The first kappa shape index (κ1) is 16.9. The maximum Gasteiger partial charge on any atom is 0.226 e. The van der Waals surface area contributed by atoms with Gasteiger partial charge in [0, 0.05) is 23.4 Å². The maximum absolute atomic E-state index is 12.1. The smallest absolute Gasteiger partial charge is 0.226 e. The third-order valence-corrected chi connectivity index (χ3v) is 4.76. The molecule has 24 heavy (non-hydrogen) atoms. The molecule has 0 saturated heterocycles. The van der Waals surface area contributed by atoms with Gasteiger partial charge in [-0.15, -0.1) is 10.2 Å². The monoisotopic (exact) mass is 364 g/mol. The van der Waals surface area contributed by atoms with E-state index in [4.69, 9.17) is 11.6 Å². The first-order chi connectivity index (χ1) is 11.5. The first-order valence-electron chi connectivity index (χ1n) is 7.66. The average Bonchev–Trinajstić information content (AvgIpc) is 3.09. The molecule has 1 aliphatic rings. The summed E-state index contributed by atoms with van der Waals surface area (Å²) >= 11 is 7.13. The number of halogens is 1. The summed E-state index contributed by atoms with van der Waals surface area (Å²) < 4.78 is 0. The van der Waals surface area contributed by atoms with Crippen LogP contribution >= 0.6 is 22.9 Å². The predicted molar refractivity (Wildman–Crippen MR) is 93.0 cm³/mol. The number of rotatable bonds is 7. The van der Waals surface area contributed by atoms with Crippen LogP contribution in [-0.4, -0.2) is 27.6 Å². The molecule has 1 fully saturated rings. The van der Waals surface area contributed by atoms with Gasteiger partial charge < -0.3 is 10.6 Å². The number of carbonyl (C=O) groups is 2. The minimum Gasteiger partial charge on any atom is -0.350 e. The van der Waals surface area contributed by atoms with Crippen molar-refractivity contribution in [2.75, 3.05) is 5.32 Å². The summed E-state index contributed by atoms with van der Waals surface area (Å²) in [4.78, 5) is 23.9. The molecule has 0 radical (unpaired) electrons. The molecule has 1 heterocycles. The van der Waals surface area contributed by atoms with Gasteiger partial charge in [0.1, 0.15) is 5.51 Å². The lowest BCUT2D eigenvalue weighted by molar-refractivity contribution is -0.125. The highest BCUT2D eigenvalue weighted by Gasteiger charge is 2.43. The summed E-state index contributed by atoms with van der Waals surface area (Å²) in [6, 6.07) is 7.66. The van der Waals surface area contributed by atoms with Crippen molar-refractivity contribution in [3.8, 4) is 0 Å². The summed E-state index contributed by atoms with van der Waals surface area (Å²) in [7, 11) is 0. The Morgan fingerprint density at radius 1 is 1.17 bits per heavy atom. The molecule has 6 nitrogen and oxygen atoms in total. The number of carbonyl (C=O) groups excluding carboxylic acids is 2. The van der Waals surface area contributed by atoms with Crippen molar-refractivity contribution >= 4 is 39.9 Å². The lowest BCUT2D eigenvalue weighted by atomic mass is 10.0. The Kier molecular flexibility index (Phi) is 5.11. The van der Waals surface area contributed by atoms with Gasteiger partial charge in [0.05, 0.1) is 0 Å². The van der Waals surface area contributed by atoms with Crippen molar-refractivity contribution in [2.45, 2.75) is 37.6 Å². The van der Waals surface area contributed by atoms with Gasteiger partial charge in [-0.25, -0.2) is 0 Å². The highest BCUT2D eigenvalue weighted by atomic mass is 35.5. The van der Waals surface area contributed by atoms with Crippen LogP contribution in [0.4, 0.5) is 5.13 Å². The van der Waals surface area contributed by atoms with E-state index in [9.17, 15) is 9.59 Å². The highest BCUT2D eigenvalue weighted by molar-refractivity contribution is 7.13. The Morgan fingerprint density at radius 2 is 1.88 bits per heavy atom. The molecule has 1 aromatic heterocycles. The fourth-order valence-electron chi connectivity index (χ4n) is 2.48. The number of amides is 2. The zero-order valence-electron chi connectivity index (χ0n) is 12.9. The summed E-state index contributed by atoms with van der Waals surface area (Å²) in [6.45, 7) is 0. The topological polar surface area (TPSA) is 84.0 Å². The van der Waals surface area contributed by atoms with Crippen LogP contribution in [0.5, 0.6) is 0 Å². The van der Waals surface area contributed by atoms with Crippen LogP contribution < -0.4 is 10.6 Å². The van der Waals surface area contributed by atoms with E-state index in [1.807, 2.05) is 24.3 Å². The predicted octanol–water partition coefficient (Wildman–Crippen LogP) is 2.80. The van der Waals surface area contributed by atoms with Gasteiger partial charge in [-0.05, 0) is 37.0 Å². The molecule has 3 rings (SSSR count). The normalized spacial score (nSPS) is 14.9. The van der Waals surface area contributed by atoms with E-state index in [-0.39, 0.29) is 30.2 Å². The van der Waals surface area contributed by atoms with E-state index < -0.39 is 0 Å². The Labute approximate surface area is 148 Å². The molecule has 1 aliphatic carbocycles. The Bertz CT molecular complexity index is 714. The molecule has 0 spiro atoms. The zero-order chi connectivity index (χ0) is 17.0. The molecular formula is C16H17ClN4O2S. The van der Waals surface area contributed by atoms with Crippen LogP contribution in [0.25, 0.3) is 0 Å². The summed E-state index contributed by atoms with van der Waals surface area (Å²) in [5.41, 5.74) is 2.52. The first-order valence-corrected chi connectivity index (χ1v) is 8.92. The zero-order valence-corrected chi connectivity index (χ0v) is 14.5. The lowest BCUT2D eigenvalue weighted by Crippen LogP contribution is -2.38. The molecule has 0 unspecified atom stereocenters. The molecule has 126 valence electrons. The van der Waals surface area contributed by atoms with Crippen molar-refractivity contribution in [1.82, 2.24) is 15.5 Å². The van der Waals surface area contributed by atoms with Crippen molar-refractivity contribution in [3.63, 3.8) is 0 Å². The van der Waals surface area contributed by atoms with E-state index in [2.05, 4.69) is 20.8 Å². The quantitative estimate of drug-likeness (QED) is 0.791. The van der Waals surface area contributed by atoms with Gasteiger partial charge in [0.2, 0.25) is 16.9 Å². The van der Waals surface area contributed by atoms with Crippen LogP contribution in [0.3, 0.4) is 0 Å². The Morgan fingerprint density at radius 3 is 2.50 bits per heavy atom. The number of hydrogen-bond donors (Lipinski definition) is 2. The van der Waals surface area contributed by atoms with E-state index >= 15 is 0 Å². The largest absolute Gasteiger partial charge is 0.350 e. The summed E-state index contributed by atoms with van der Waals surface area (Å²) in [5, 5.41) is 14.2. The van der Waals surface area contributed by atoms with Crippen LogP contribution in [0.15, 0.2) is 29.8 Å². The van der Waals surface area contributed by atoms with Crippen molar-refractivity contribution in [1.29, 1.82) is 0 Å². The molecule has 0 aliphatic heterocycles.